The molecule has 2 heterocycles. The molecule has 2 N–H and O–H groups in total. The van der Waals surface area contributed by atoms with Gasteiger partial charge in [-0.2, -0.15) is 0 Å². The SMILES string of the molecule is COC(=O)C(N)(Cc1cn(C(c2ccccc2)(c2ccccc2)c2ccccc2)cn1)Cc1cn(C(c2ccccc2)(c2ccccc2)c2ccccc2)cn1. The summed E-state index contributed by atoms with van der Waals surface area (Å²) in [5.74, 6) is -0.539. The molecule has 276 valence electrons. The fourth-order valence-corrected chi connectivity index (χ4v) is 8.30. The van der Waals surface area contributed by atoms with Crippen LogP contribution < -0.4 is 5.73 Å². The second-order valence-electron chi connectivity index (χ2n) is 14.2. The second-order valence-corrected chi connectivity index (χ2v) is 14.2. The number of carbonyl (C=O) groups is 1. The molecule has 56 heavy (non-hydrogen) atoms. The zero-order valence-corrected chi connectivity index (χ0v) is 31.2. The molecule has 0 fully saturated rings. The fraction of sp³-hybridized carbons (Fsp3) is 0.122. The Morgan fingerprint density at radius 2 is 0.732 bits per heavy atom. The summed E-state index contributed by atoms with van der Waals surface area (Å²) in [6.45, 7) is 0. The molecule has 0 bridgehead atoms. The summed E-state index contributed by atoms with van der Waals surface area (Å²) in [6, 6.07) is 62.4. The van der Waals surface area contributed by atoms with Gasteiger partial charge in [-0.05, 0) is 33.4 Å². The van der Waals surface area contributed by atoms with Crippen LogP contribution >= 0.6 is 0 Å². The number of nitrogens with zero attached hydrogens (tertiary/aromatic N) is 4. The second kappa shape index (κ2) is 15.5. The standard InChI is InChI=1S/C49H43N5O2/c1-56-46(55)47(50,32-44-34-53(36-51-44)48(38-20-8-2-9-21-38,39-22-10-3-11-23-39)40-24-12-4-13-25-40)33-45-35-54(37-52-45)49(41-26-14-5-15-27-41,42-28-16-6-17-29-42)43-30-18-7-19-31-43/h2-31,34-37H,32-33,50H2,1H3. The van der Waals surface area contributed by atoms with E-state index < -0.39 is 22.6 Å². The minimum absolute atomic E-state index is 0.120. The molecule has 0 amide bonds. The van der Waals surface area contributed by atoms with Crippen LogP contribution in [0.4, 0.5) is 0 Å². The molecule has 8 rings (SSSR count). The number of benzene rings is 6. The van der Waals surface area contributed by atoms with Gasteiger partial charge in [0.1, 0.15) is 16.6 Å². The monoisotopic (exact) mass is 733 g/mol. The lowest BCUT2D eigenvalue weighted by atomic mass is 9.76. The number of imidazole rings is 2. The van der Waals surface area contributed by atoms with Gasteiger partial charge in [0.25, 0.3) is 0 Å². The van der Waals surface area contributed by atoms with Crippen molar-refractivity contribution in [2.45, 2.75) is 29.5 Å². The van der Waals surface area contributed by atoms with E-state index in [2.05, 4.69) is 155 Å². The van der Waals surface area contributed by atoms with Crippen molar-refractivity contribution < 1.29 is 9.53 Å². The van der Waals surface area contributed by atoms with E-state index in [1.807, 2.05) is 61.4 Å². The Morgan fingerprint density at radius 1 is 0.482 bits per heavy atom. The minimum atomic E-state index is -1.48. The number of esters is 1. The molecule has 0 aliphatic carbocycles. The van der Waals surface area contributed by atoms with E-state index in [0.717, 1.165) is 33.4 Å². The Labute approximate surface area is 327 Å². The van der Waals surface area contributed by atoms with Gasteiger partial charge < -0.3 is 19.6 Å². The number of methoxy groups -OCH3 is 1. The quantitative estimate of drug-likeness (QED) is 0.0950. The van der Waals surface area contributed by atoms with Crippen LogP contribution in [0.2, 0.25) is 0 Å². The maximum absolute atomic E-state index is 13.8. The van der Waals surface area contributed by atoms with Crippen molar-refractivity contribution in [3.05, 3.63) is 252 Å². The van der Waals surface area contributed by atoms with E-state index in [4.69, 9.17) is 20.4 Å². The number of aromatic nitrogens is 4. The molecule has 0 aliphatic heterocycles. The predicted octanol–water partition coefficient (Wildman–Crippen LogP) is 8.42. The number of rotatable bonds is 13. The first-order valence-corrected chi connectivity index (χ1v) is 18.8. The fourth-order valence-electron chi connectivity index (χ4n) is 8.30. The lowest BCUT2D eigenvalue weighted by Gasteiger charge is -2.37. The molecule has 8 aromatic rings. The Bertz CT molecular complexity index is 2120. The Balaban J connectivity index is 1.21. The Hall–Kier alpha value is -6.83. The third-order valence-electron chi connectivity index (χ3n) is 10.8. The normalized spacial score (nSPS) is 12.0. The first-order chi connectivity index (χ1) is 27.5. The van der Waals surface area contributed by atoms with Crippen molar-refractivity contribution in [3.63, 3.8) is 0 Å². The topological polar surface area (TPSA) is 88.0 Å². The van der Waals surface area contributed by atoms with Crippen LogP contribution in [-0.2, 0) is 33.5 Å². The first kappa shape index (κ1) is 36.2. The van der Waals surface area contributed by atoms with E-state index in [0.29, 0.717) is 11.4 Å². The van der Waals surface area contributed by atoms with Crippen LogP contribution in [0.5, 0.6) is 0 Å². The molecule has 0 radical (unpaired) electrons. The van der Waals surface area contributed by atoms with E-state index in [9.17, 15) is 4.79 Å². The average Bonchev–Trinajstić information content (AvgIpc) is 3.93. The van der Waals surface area contributed by atoms with E-state index >= 15 is 0 Å². The predicted molar refractivity (Wildman–Crippen MR) is 220 cm³/mol. The third-order valence-corrected chi connectivity index (χ3v) is 10.8. The Kier molecular flexibility index (Phi) is 10.0. The molecule has 0 saturated heterocycles. The molecule has 6 aromatic carbocycles. The molecule has 7 heteroatoms. The summed E-state index contributed by atoms with van der Waals surface area (Å²) < 4.78 is 9.65. The molecular formula is C49H43N5O2. The van der Waals surface area contributed by atoms with Gasteiger partial charge >= 0.3 is 5.97 Å². The van der Waals surface area contributed by atoms with Crippen LogP contribution in [-0.4, -0.2) is 37.7 Å². The van der Waals surface area contributed by atoms with Gasteiger partial charge in [-0.1, -0.05) is 182 Å². The van der Waals surface area contributed by atoms with Crippen LogP contribution in [0.15, 0.2) is 207 Å². The van der Waals surface area contributed by atoms with Crippen LogP contribution in [0, 0.1) is 0 Å². The number of ether oxygens (including phenoxy) is 1. The van der Waals surface area contributed by atoms with Crippen molar-refractivity contribution in [2.24, 2.45) is 5.73 Å². The lowest BCUT2D eigenvalue weighted by Crippen LogP contribution is -2.52. The first-order valence-electron chi connectivity index (χ1n) is 18.8. The molecule has 0 spiro atoms. The van der Waals surface area contributed by atoms with Crippen molar-refractivity contribution in [2.75, 3.05) is 7.11 Å². The molecule has 7 nitrogen and oxygen atoms in total. The van der Waals surface area contributed by atoms with Gasteiger partial charge in [0.2, 0.25) is 0 Å². The van der Waals surface area contributed by atoms with Crippen molar-refractivity contribution in [1.29, 1.82) is 0 Å². The maximum atomic E-state index is 13.8. The minimum Gasteiger partial charge on any atom is -0.468 e. The van der Waals surface area contributed by atoms with Gasteiger partial charge in [-0.15, -0.1) is 0 Å². The highest BCUT2D eigenvalue weighted by Crippen LogP contribution is 2.42. The molecule has 2 aromatic heterocycles. The van der Waals surface area contributed by atoms with Gasteiger partial charge in [-0.3, -0.25) is 4.79 Å². The third kappa shape index (κ3) is 6.42. The molecule has 0 atom stereocenters. The van der Waals surface area contributed by atoms with E-state index in [1.54, 1.807) is 0 Å². The number of carbonyl (C=O) groups excluding carboxylic acids is 1. The van der Waals surface area contributed by atoms with Gasteiger partial charge in [0.15, 0.2) is 0 Å². The van der Waals surface area contributed by atoms with Crippen LogP contribution in [0.25, 0.3) is 0 Å². The van der Waals surface area contributed by atoms with Crippen molar-refractivity contribution >= 4 is 5.97 Å². The van der Waals surface area contributed by atoms with Gasteiger partial charge in [-0.25, -0.2) is 9.97 Å². The maximum Gasteiger partial charge on any atom is 0.326 e. The summed E-state index contributed by atoms with van der Waals surface area (Å²) in [7, 11) is 1.37. The summed E-state index contributed by atoms with van der Waals surface area (Å²) in [4.78, 5) is 23.6. The molecule has 0 unspecified atom stereocenters. The largest absolute Gasteiger partial charge is 0.468 e. The summed E-state index contributed by atoms with van der Waals surface area (Å²) in [5.41, 5.74) is 11.9. The highest BCUT2D eigenvalue weighted by atomic mass is 16.5. The smallest absolute Gasteiger partial charge is 0.326 e. The summed E-state index contributed by atoms with van der Waals surface area (Å²) in [5, 5.41) is 0. The van der Waals surface area contributed by atoms with Crippen LogP contribution in [0.3, 0.4) is 0 Å². The number of nitrogens with two attached hydrogens (primary N) is 1. The molecular weight excluding hydrogens is 691 g/mol. The zero-order valence-electron chi connectivity index (χ0n) is 31.2. The number of hydrogen-bond donors (Lipinski definition) is 1. The summed E-state index contributed by atoms with van der Waals surface area (Å²) >= 11 is 0. The molecule has 0 aliphatic rings. The van der Waals surface area contributed by atoms with E-state index in [-0.39, 0.29) is 12.8 Å². The lowest BCUT2D eigenvalue weighted by molar-refractivity contribution is -0.147. The van der Waals surface area contributed by atoms with Crippen molar-refractivity contribution in [1.82, 2.24) is 19.1 Å². The number of hydrogen-bond acceptors (Lipinski definition) is 5. The highest BCUT2D eigenvalue weighted by molar-refractivity contribution is 5.81. The Morgan fingerprint density at radius 3 is 0.964 bits per heavy atom. The highest BCUT2D eigenvalue weighted by Gasteiger charge is 2.42. The average molecular weight is 734 g/mol. The van der Waals surface area contributed by atoms with Crippen molar-refractivity contribution in [3.8, 4) is 0 Å². The van der Waals surface area contributed by atoms with Crippen LogP contribution in [0.1, 0.15) is 44.8 Å². The zero-order chi connectivity index (χ0) is 38.4. The van der Waals surface area contributed by atoms with Gasteiger partial charge in [0.05, 0.1) is 31.2 Å². The van der Waals surface area contributed by atoms with E-state index in [1.165, 1.54) is 7.11 Å². The summed E-state index contributed by atoms with van der Waals surface area (Å²) in [6.07, 6.45) is 7.92. The van der Waals surface area contributed by atoms with Gasteiger partial charge in [0, 0.05) is 25.2 Å². The molecule has 0 saturated carbocycles.